The Balaban J connectivity index is 1.41. The van der Waals surface area contributed by atoms with Gasteiger partial charge in [0.15, 0.2) is 17.7 Å². The molecule has 4 aliphatic rings. The van der Waals surface area contributed by atoms with Crippen LogP contribution in [-0.4, -0.2) is 146 Å². The zero-order chi connectivity index (χ0) is 44.0. The Bertz CT molecular complexity index is 1840. The smallest absolute Gasteiger partial charge is 0.425 e. The number of amides is 1. The molecule has 60 heavy (non-hydrogen) atoms. The van der Waals surface area contributed by atoms with E-state index in [2.05, 4.69) is 54.7 Å². The molecular formula is C46H71N5O9. The zero-order valence-electron chi connectivity index (χ0n) is 37.9. The monoisotopic (exact) mass is 838 g/mol. The molecule has 2 N–H and O–H groups in total. The minimum atomic E-state index is -1.64. The van der Waals surface area contributed by atoms with Crippen LogP contribution < -0.4 is 0 Å². The standard InChI is InChI=1S/C46H71N5O9/c1-13-36-46(10)40-29(6)37(50(26(2)3)25-49(51(40)44(55)60-46)22-16-17-32-20-21-47-34-19-15-14-18-33(32)34)27(4)24-45(9,56)41(30(7)38(52)31(8)42(54)58-36)59-43-39(53)35(48(11)12)23-28(5)57-43/h14-15,18-21,26-31,35-37,39-41,43,53,56H,13,16-17,22-25H2,1-12H3/t27-,28-,29+,30+,31-,35+,36-,37?,39-,40-,41-,43+,45+,46-/m1/s1. The Labute approximate surface area is 356 Å². The molecule has 5 heterocycles. The number of hydrazine groups is 1. The second-order valence-corrected chi connectivity index (χ2v) is 19.2. The van der Waals surface area contributed by atoms with Crippen LogP contribution in [-0.2, 0) is 35.0 Å². The van der Waals surface area contributed by atoms with Crippen LogP contribution in [0.15, 0.2) is 36.5 Å². The van der Waals surface area contributed by atoms with Gasteiger partial charge in [0.25, 0.3) is 0 Å². The molecular weight excluding hydrogens is 767 g/mol. The summed E-state index contributed by atoms with van der Waals surface area (Å²) in [6, 6.07) is 9.12. The van der Waals surface area contributed by atoms with Crippen molar-refractivity contribution in [3.8, 4) is 0 Å². The first-order valence-corrected chi connectivity index (χ1v) is 22.2. The molecule has 2 aromatic rings. The van der Waals surface area contributed by atoms with Crippen molar-refractivity contribution < 1.29 is 43.5 Å². The Hall–Kier alpha value is -3.24. The number of benzene rings is 1. The molecule has 14 atom stereocenters. The molecule has 2 bridgehead atoms. The molecule has 0 aliphatic carbocycles. The lowest BCUT2D eigenvalue weighted by molar-refractivity contribution is -0.293. The van der Waals surface area contributed by atoms with Crippen LogP contribution in [0.2, 0.25) is 0 Å². The molecule has 0 spiro atoms. The summed E-state index contributed by atoms with van der Waals surface area (Å²) in [5, 5.41) is 29.3. The molecule has 4 fully saturated rings. The largest absolute Gasteiger partial charge is 0.458 e. The number of aliphatic hydroxyl groups is 2. The van der Waals surface area contributed by atoms with E-state index in [1.54, 1.807) is 18.9 Å². The van der Waals surface area contributed by atoms with Gasteiger partial charge < -0.3 is 34.1 Å². The number of aryl methyl sites for hydroxylation is 1. The van der Waals surface area contributed by atoms with E-state index < -0.39 is 71.5 Å². The number of para-hydroxylation sites is 1. The first-order chi connectivity index (χ1) is 28.2. The van der Waals surface area contributed by atoms with Crippen molar-refractivity contribution in [2.75, 3.05) is 27.3 Å². The Kier molecular flexibility index (Phi) is 14.1. The third-order valence-electron chi connectivity index (χ3n) is 14.1. The Morgan fingerprint density at radius 3 is 2.42 bits per heavy atom. The number of ether oxygens (including phenoxy) is 4. The summed E-state index contributed by atoms with van der Waals surface area (Å²) in [7, 11) is 3.78. The number of nitrogens with zero attached hydrogens (tertiary/aromatic N) is 5. The predicted octanol–water partition coefficient (Wildman–Crippen LogP) is 5.42. The van der Waals surface area contributed by atoms with Gasteiger partial charge in [0.2, 0.25) is 0 Å². The molecule has 334 valence electrons. The van der Waals surface area contributed by atoms with Gasteiger partial charge in [-0.1, -0.05) is 45.9 Å². The van der Waals surface area contributed by atoms with Crippen LogP contribution in [0.1, 0.15) is 100 Å². The second kappa shape index (κ2) is 18.2. The average molecular weight is 838 g/mol. The summed E-state index contributed by atoms with van der Waals surface area (Å²) in [5.74, 6) is -3.89. The number of likely N-dealkylation sites (N-methyl/N-ethyl adjacent to an activating group) is 1. The van der Waals surface area contributed by atoms with Gasteiger partial charge in [-0.25, -0.2) is 14.8 Å². The van der Waals surface area contributed by atoms with Crippen LogP contribution in [0.3, 0.4) is 0 Å². The van der Waals surface area contributed by atoms with Gasteiger partial charge in [0.05, 0.1) is 36.0 Å². The number of aromatic nitrogens is 1. The first kappa shape index (κ1) is 46.3. The molecule has 1 aromatic carbocycles. The average Bonchev–Trinajstić information content (AvgIpc) is 3.38. The molecule has 1 amide bonds. The van der Waals surface area contributed by atoms with Crippen molar-refractivity contribution in [2.24, 2.45) is 23.7 Å². The van der Waals surface area contributed by atoms with Crippen molar-refractivity contribution in [2.45, 2.75) is 167 Å². The van der Waals surface area contributed by atoms with Crippen LogP contribution in [0.5, 0.6) is 0 Å². The van der Waals surface area contributed by atoms with Crippen LogP contribution in [0.4, 0.5) is 4.79 Å². The quantitative estimate of drug-likeness (QED) is 0.245. The Morgan fingerprint density at radius 1 is 1.05 bits per heavy atom. The summed E-state index contributed by atoms with van der Waals surface area (Å²) in [4.78, 5) is 51.8. The molecule has 0 radical (unpaired) electrons. The summed E-state index contributed by atoms with van der Waals surface area (Å²) in [6.45, 7) is 20.0. The number of esters is 1. The fourth-order valence-electron chi connectivity index (χ4n) is 11.1. The van der Waals surface area contributed by atoms with E-state index in [1.165, 1.54) is 12.5 Å². The number of rotatable bonds is 9. The summed E-state index contributed by atoms with van der Waals surface area (Å²) in [6.07, 6.45) is -0.518. The molecule has 14 nitrogen and oxygen atoms in total. The van der Waals surface area contributed by atoms with Gasteiger partial charge in [-0.05, 0) is 117 Å². The maximum Gasteiger partial charge on any atom is 0.425 e. The van der Waals surface area contributed by atoms with E-state index in [0.717, 1.165) is 23.7 Å². The number of pyridine rings is 1. The topological polar surface area (TPSA) is 154 Å². The third-order valence-corrected chi connectivity index (χ3v) is 14.1. The number of carbonyl (C=O) groups excluding carboxylic acids is 3. The van der Waals surface area contributed by atoms with Crippen molar-refractivity contribution in [3.05, 3.63) is 42.1 Å². The van der Waals surface area contributed by atoms with Crippen molar-refractivity contribution in [1.29, 1.82) is 0 Å². The summed E-state index contributed by atoms with van der Waals surface area (Å²) >= 11 is 0. The third kappa shape index (κ3) is 8.85. The number of Topliss-reactive ketones (excluding diaryl/α,β-unsaturated/α-hetero) is 1. The number of cyclic esters (lactones) is 1. The van der Waals surface area contributed by atoms with Crippen LogP contribution >= 0.6 is 0 Å². The van der Waals surface area contributed by atoms with Crippen molar-refractivity contribution in [1.82, 2.24) is 24.8 Å². The van der Waals surface area contributed by atoms with E-state index in [9.17, 15) is 24.6 Å². The summed E-state index contributed by atoms with van der Waals surface area (Å²) < 4.78 is 25.5. The van der Waals surface area contributed by atoms with Gasteiger partial charge in [-0.15, -0.1) is 0 Å². The van der Waals surface area contributed by atoms with E-state index in [0.29, 0.717) is 26.1 Å². The predicted molar refractivity (Wildman–Crippen MR) is 227 cm³/mol. The maximum absolute atomic E-state index is 14.4. The van der Waals surface area contributed by atoms with Gasteiger partial charge in [0, 0.05) is 42.2 Å². The van der Waals surface area contributed by atoms with Gasteiger partial charge in [-0.2, -0.15) is 0 Å². The van der Waals surface area contributed by atoms with E-state index in [4.69, 9.17) is 18.9 Å². The van der Waals surface area contributed by atoms with Crippen LogP contribution in [0.25, 0.3) is 10.9 Å². The number of hydrogen-bond donors (Lipinski definition) is 2. The van der Waals surface area contributed by atoms with Gasteiger partial charge >= 0.3 is 12.1 Å². The highest BCUT2D eigenvalue weighted by Crippen LogP contribution is 2.47. The molecule has 4 saturated heterocycles. The normalized spacial score (nSPS) is 38.9. The second-order valence-electron chi connectivity index (χ2n) is 19.2. The lowest BCUT2D eigenvalue weighted by Gasteiger charge is -2.48. The maximum atomic E-state index is 14.4. The lowest BCUT2D eigenvalue weighted by Crippen LogP contribution is -2.61. The molecule has 1 aromatic heterocycles. The fourth-order valence-corrected chi connectivity index (χ4v) is 11.1. The Morgan fingerprint density at radius 2 is 1.75 bits per heavy atom. The van der Waals surface area contributed by atoms with Gasteiger partial charge in [0.1, 0.15) is 18.1 Å². The number of aliphatic hydroxyl groups excluding tert-OH is 1. The highest BCUT2D eigenvalue weighted by molar-refractivity contribution is 6.00. The van der Waals surface area contributed by atoms with E-state index in [-0.39, 0.29) is 42.5 Å². The van der Waals surface area contributed by atoms with E-state index >= 15 is 0 Å². The molecule has 1 unspecified atom stereocenters. The molecule has 6 rings (SSSR count). The van der Waals surface area contributed by atoms with Crippen molar-refractivity contribution >= 4 is 28.7 Å². The molecule has 14 heteroatoms. The van der Waals surface area contributed by atoms with E-state index in [1.807, 2.05) is 64.2 Å². The fraction of sp³-hybridized carbons (Fsp3) is 0.739. The number of ketones is 1. The number of carbonyl (C=O) groups is 3. The highest BCUT2D eigenvalue weighted by atomic mass is 16.7. The SMILES string of the molecule is CC[C@H]1OC(=O)[C@H](C)C(=O)[C@H](C)[C@@H](O[C@@H]2O[C@H](C)C[C@H](N(C)C)[C@H]2O)[C@@](C)(O)C[C@@H](C)C2[C@H](C)[C@H]3N(C(=O)O[C@]13C)N(CCCc1ccnc3ccccc13)CN2C(C)C. The molecule has 4 aliphatic heterocycles. The zero-order valence-corrected chi connectivity index (χ0v) is 37.9. The minimum Gasteiger partial charge on any atom is -0.458 e. The minimum absolute atomic E-state index is 0.0288. The number of hydrogen-bond acceptors (Lipinski definition) is 13. The highest BCUT2D eigenvalue weighted by Gasteiger charge is 2.63. The van der Waals surface area contributed by atoms with Crippen molar-refractivity contribution in [3.63, 3.8) is 0 Å². The lowest BCUT2D eigenvalue weighted by atomic mass is 9.71. The number of fused-ring (bicyclic) bond motifs is 2. The summed E-state index contributed by atoms with van der Waals surface area (Å²) in [5.41, 5.74) is -0.794. The van der Waals surface area contributed by atoms with Gasteiger partial charge in [-0.3, -0.25) is 19.5 Å². The first-order valence-electron chi connectivity index (χ1n) is 22.2. The molecule has 0 saturated carbocycles. The van der Waals surface area contributed by atoms with Crippen LogP contribution in [0, 0.1) is 23.7 Å².